The SMILES string of the molecule is Cc1ccc(OC2CCC(=O)NC2=O)cc1Br. The fraction of sp³-hybridized carbons (Fsp3) is 0.333. The zero-order chi connectivity index (χ0) is 12.4. The molecule has 0 aliphatic carbocycles. The van der Waals surface area contributed by atoms with Crippen molar-refractivity contribution in [3.05, 3.63) is 28.2 Å². The smallest absolute Gasteiger partial charge is 0.267 e. The monoisotopic (exact) mass is 297 g/mol. The summed E-state index contributed by atoms with van der Waals surface area (Å²) in [5, 5.41) is 2.26. The Morgan fingerprint density at radius 1 is 1.41 bits per heavy atom. The first-order valence-electron chi connectivity index (χ1n) is 5.33. The van der Waals surface area contributed by atoms with Gasteiger partial charge in [-0.05, 0) is 24.6 Å². The molecular weight excluding hydrogens is 286 g/mol. The normalized spacial score (nSPS) is 20.0. The fourth-order valence-electron chi connectivity index (χ4n) is 1.60. The van der Waals surface area contributed by atoms with Crippen LogP contribution in [0.1, 0.15) is 18.4 Å². The molecule has 0 aromatic heterocycles. The van der Waals surface area contributed by atoms with E-state index in [1.807, 2.05) is 25.1 Å². The van der Waals surface area contributed by atoms with Gasteiger partial charge in [0.2, 0.25) is 5.91 Å². The molecule has 1 aliphatic rings. The van der Waals surface area contributed by atoms with Crippen LogP contribution >= 0.6 is 15.9 Å². The molecule has 4 nitrogen and oxygen atoms in total. The van der Waals surface area contributed by atoms with Crippen molar-refractivity contribution in [2.24, 2.45) is 0 Å². The number of carbonyl (C=O) groups excluding carboxylic acids is 2. The van der Waals surface area contributed by atoms with E-state index in [2.05, 4.69) is 21.2 Å². The summed E-state index contributed by atoms with van der Waals surface area (Å²) in [4.78, 5) is 22.5. The molecule has 1 N–H and O–H groups in total. The molecule has 90 valence electrons. The minimum absolute atomic E-state index is 0.236. The molecule has 1 fully saturated rings. The lowest BCUT2D eigenvalue weighted by Gasteiger charge is -2.22. The predicted octanol–water partition coefficient (Wildman–Crippen LogP) is 1.94. The number of hydrogen-bond donors (Lipinski definition) is 1. The zero-order valence-electron chi connectivity index (χ0n) is 9.33. The Morgan fingerprint density at radius 2 is 2.18 bits per heavy atom. The van der Waals surface area contributed by atoms with Gasteiger partial charge in [0.05, 0.1) is 0 Å². The van der Waals surface area contributed by atoms with E-state index in [0.717, 1.165) is 10.0 Å². The predicted molar refractivity (Wildman–Crippen MR) is 65.7 cm³/mol. The minimum Gasteiger partial charge on any atom is -0.481 e. The van der Waals surface area contributed by atoms with Crippen LogP contribution < -0.4 is 10.1 Å². The molecule has 0 spiro atoms. The molecule has 2 rings (SSSR count). The van der Waals surface area contributed by atoms with Gasteiger partial charge >= 0.3 is 0 Å². The van der Waals surface area contributed by atoms with Gasteiger partial charge in [-0.15, -0.1) is 0 Å². The highest BCUT2D eigenvalue weighted by molar-refractivity contribution is 9.10. The van der Waals surface area contributed by atoms with Crippen molar-refractivity contribution in [1.82, 2.24) is 5.32 Å². The van der Waals surface area contributed by atoms with Gasteiger partial charge in [0, 0.05) is 17.3 Å². The number of halogens is 1. The molecule has 0 saturated carbocycles. The molecule has 0 radical (unpaired) electrons. The molecule has 1 unspecified atom stereocenters. The van der Waals surface area contributed by atoms with Crippen LogP contribution in [0.3, 0.4) is 0 Å². The second kappa shape index (κ2) is 4.87. The number of nitrogens with one attached hydrogen (secondary N) is 1. The Bertz CT molecular complexity index is 473. The Hall–Kier alpha value is -1.36. The van der Waals surface area contributed by atoms with Crippen molar-refractivity contribution in [2.45, 2.75) is 25.9 Å². The van der Waals surface area contributed by atoms with Crippen LogP contribution in [-0.2, 0) is 9.59 Å². The number of hydrogen-bond acceptors (Lipinski definition) is 3. The number of aryl methyl sites for hydroxylation is 1. The second-order valence-corrected chi connectivity index (χ2v) is 4.82. The van der Waals surface area contributed by atoms with Crippen molar-refractivity contribution in [3.63, 3.8) is 0 Å². The van der Waals surface area contributed by atoms with E-state index in [9.17, 15) is 9.59 Å². The lowest BCUT2D eigenvalue weighted by Crippen LogP contribution is -2.46. The molecule has 1 saturated heterocycles. The van der Waals surface area contributed by atoms with Gasteiger partial charge < -0.3 is 4.74 Å². The number of piperidine rings is 1. The Balaban J connectivity index is 2.08. The first kappa shape index (κ1) is 12.1. The Kier molecular flexibility index (Phi) is 3.47. The summed E-state index contributed by atoms with van der Waals surface area (Å²) >= 11 is 3.40. The van der Waals surface area contributed by atoms with Gasteiger partial charge in [0.15, 0.2) is 6.10 Å². The fourth-order valence-corrected chi connectivity index (χ4v) is 1.96. The highest BCUT2D eigenvalue weighted by Gasteiger charge is 2.28. The quantitative estimate of drug-likeness (QED) is 0.849. The van der Waals surface area contributed by atoms with E-state index in [1.54, 1.807) is 0 Å². The first-order valence-corrected chi connectivity index (χ1v) is 6.12. The molecule has 5 heteroatoms. The molecular formula is C12H12BrNO3. The highest BCUT2D eigenvalue weighted by atomic mass is 79.9. The number of carbonyl (C=O) groups is 2. The topological polar surface area (TPSA) is 55.4 Å². The van der Waals surface area contributed by atoms with E-state index < -0.39 is 6.10 Å². The van der Waals surface area contributed by atoms with Crippen molar-refractivity contribution < 1.29 is 14.3 Å². The summed E-state index contributed by atoms with van der Waals surface area (Å²) in [5.74, 6) is 0.0230. The van der Waals surface area contributed by atoms with Crippen LogP contribution in [0.15, 0.2) is 22.7 Å². The lowest BCUT2D eigenvalue weighted by molar-refractivity contribution is -0.138. The summed E-state index contributed by atoms with van der Waals surface area (Å²) in [6.07, 6.45) is 0.168. The van der Waals surface area contributed by atoms with Gasteiger partial charge in [-0.1, -0.05) is 22.0 Å². The molecule has 1 heterocycles. The van der Waals surface area contributed by atoms with E-state index in [4.69, 9.17) is 4.74 Å². The number of ether oxygens (including phenoxy) is 1. The summed E-state index contributed by atoms with van der Waals surface area (Å²) in [5.41, 5.74) is 1.10. The maximum Gasteiger partial charge on any atom is 0.267 e. The standard InChI is InChI=1S/C12H12BrNO3/c1-7-2-3-8(6-9(7)13)17-10-4-5-11(15)14-12(10)16/h2-3,6,10H,4-5H2,1H3,(H,14,15,16). The van der Waals surface area contributed by atoms with Crippen molar-refractivity contribution in [3.8, 4) is 5.75 Å². The Morgan fingerprint density at radius 3 is 2.82 bits per heavy atom. The lowest BCUT2D eigenvalue weighted by atomic mass is 10.1. The number of benzene rings is 1. The van der Waals surface area contributed by atoms with E-state index >= 15 is 0 Å². The maximum absolute atomic E-state index is 11.5. The van der Waals surface area contributed by atoms with E-state index in [0.29, 0.717) is 18.6 Å². The summed E-state index contributed by atoms with van der Waals surface area (Å²) in [7, 11) is 0. The molecule has 2 amide bonds. The number of imide groups is 1. The van der Waals surface area contributed by atoms with Crippen LogP contribution in [0.25, 0.3) is 0 Å². The average Bonchev–Trinajstić information content (AvgIpc) is 2.27. The van der Waals surface area contributed by atoms with Crippen LogP contribution in [-0.4, -0.2) is 17.9 Å². The van der Waals surface area contributed by atoms with Crippen LogP contribution in [0.5, 0.6) is 5.75 Å². The molecule has 1 aliphatic heterocycles. The minimum atomic E-state index is -0.581. The third-order valence-corrected chi connectivity index (χ3v) is 3.46. The van der Waals surface area contributed by atoms with Crippen molar-refractivity contribution >= 4 is 27.7 Å². The largest absolute Gasteiger partial charge is 0.481 e. The third kappa shape index (κ3) is 2.85. The van der Waals surface area contributed by atoms with E-state index in [1.165, 1.54) is 0 Å². The van der Waals surface area contributed by atoms with Crippen LogP contribution in [0.4, 0.5) is 0 Å². The van der Waals surface area contributed by atoms with Gasteiger partial charge in [-0.25, -0.2) is 0 Å². The summed E-state index contributed by atoms with van der Waals surface area (Å²) in [6, 6.07) is 5.54. The average molecular weight is 298 g/mol. The third-order valence-electron chi connectivity index (χ3n) is 2.61. The molecule has 1 aromatic rings. The van der Waals surface area contributed by atoms with Gasteiger partial charge in [-0.2, -0.15) is 0 Å². The van der Waals surface area contributed by atoms with Crippen molar-refractivity contribution in [2.75, 3.05) is 0 Å². The van der Waals surface area contributed by atoms with Crippen LogP contribution in [0.2, 0.25) is 0 Å². The number of rotatable bonds is 2. The van der Waals surface area contributed by atoms with Gasteiger partial charge in [0.1, 0.15) is 5.75 Å². The molecule has 1 aromatic carbocycles. The highest BCUT2D eigenvalue weighted by Crippen LogP contribution is 2.24. The molecule has 1 atom stereocenters. The van der Waals surface area contributed by atoms with E-state index in [-0.39, 0.29) is 11.8 Å². The second-order valence-electron chi connectivity index (χ2n) is 3.97. The van der Waals surface area contributed by atoms with Crippen LogP contribution in [0, 0.1) is 6.92 Å². The summed E-state index contributed by atoms with van der Waals surface area (Å²) < 4.78 is 6.49. The summed E-state index contributed by atoms with van der Waals surface area (Å²) in [6.45, 7) is 1.97. The first-order chi connectivity index (χ1) is 8.06. The molecule has 17 heavy (non-hydrogen) atoms. The van der Waals surface area contributed by atoms with Crippen molar-refractivity contribution in [1.29, 1.82) is 0 Å². The number of amides is 2. The Labute approximate surface area is 107 Å². The van der Waals surface area contributed by atoms with Gasteiger partial charge in [-0.3, -0.25) is 14.9 Å². The zero-order valence-corrected chi connectivity index (χ0v) is 10.9. The maximum atomic E-state index is 11.5. The molecule has 0 bridgehead atoms. The van der Waals surface area contributed by atoms with Gasteiger partial charge in [0.25, 0.3) is 5.91 Å².